The minimum Gasteiger partial charge on any atom is -0.351 e. The Morgan fingerprint density at radius 1 is 1.60 bits per heavy atom. The number of hydrogen-bond donors (Lipinski definition) is 1. The molecule has 0 bridgehead atoms. The number of benzene rings is 1. The van der Waals surface area contributed by atoms with Gasteiger partial charge < -0.3 is 5.32 Å². The summed E-state index contributed by atoms with van der Waals surface area (Å²) in [5.41, 5.74) is -0.111. The van der Waals surface area contributed by atoms with Gasteiger partial charge in [0.1, 0.15) is 5.82 Å². The number of carbonyl (C=O) groups excluding carboxylic acids is 1. The van der Waals surface area contributed by atoms with E-state index in [0.29, 0.717) is 5.02 Å². The lowest BCUT2D eigenvalue weighted by atomic mass is 10.2. The van der Waals surface area contributed by atoms with Crippen molar-refractivity contribution in [3.05, 3.63) is 34.6 Å². The zero-order valence-corrected chi connectivity index (χ0v) is 8.51. The first-order chi connectivity index (χ1) is 7.15. The summed E-state index contributed by atoms with van der Waals surface area (Å²) >= 11 is 5.62. The molecule has 0 saturated heterocycles. The fourth-order valence-electron chi connectivity index (χ4n) is 0.999. The van der Waals surface area contributed by atoms with E-state index in [2.05, 4.69) is 5.32 Å². The van der Waals surface area contributed by atoms with Crippen molar-refractivity contribution < 1.29 is 9.18 Å². The van der Waals surface area contributed by atoms with Crippen LogP contribution >= 0.6 is 11.6 Å². The highest BCUT2D eigenvalue weighted by molar-refractivity contribution is 6.30. The van der Waals surface area contributed by atoms with Crippen molar-refractivity contribution in [1.29, 1.82) is 5.26 Å². The van der Waals surface area contributed by atoms with Gasteiger partial charge in [-0.1, -0.05) is 11.6 Å². The molecule has 5 heteroatoms. The maximum absolute atomic E-state index is 13.1. The van der Waals surface area contributed by atoms with E-state index in [4.69, 9.17) is 16.9 Å². The molecule has 1 amide bonds. The third-order valence-electron chi connectivity index (χ3n) is 1.70. The topological polar surface area (TPSA) is 52.9 Å². The Morgan fingerprint density at radius 3 is 3.00 bits per heavy atom. The van der Waals surface area contributed by atoms with Crippen LogP contribution in [0.1, 0.15) is 16.8 Å². The first-order valence-corrected chi connectivity index (χ1v) is 4.63. The minimum absolute atomic E-state index is 0.111. The fourth-order valence-corrected chi connectivity index (χ4v) is 1.17. The van der Waals surface area contributed by atoms with Crippen molar-refractivity contribution in [2.45, 2.75) is 6.42 Å². The van der Waals surface area contributed by atoms with Gasteiger partial charge >= 0.3 is 0 Å². The van der Waals surface area contributed by atoms with Gasteiger partial charge in [-0.3, -0.25) is 4.79 Å². The van der Waals surface area contributed by atoms with Crippen molar-refractivity contribution in [3.63, 3.8) is 0 Å². The number of nitrogens with zero attached hydrogens (tertiary/aromatic N) is 1. The lowest BCUT2D eigenvalue weighted by molar-refractivity contribution is 0.0950. The molecule has 3 nitrogen and oxygen atoms in total. The molecule has 0 unspecified atom stereocenters. The molecule has 1 N–H and O–H groups in total. The van der Waals surface area contributed by atoms with E-state index >= 15 is 0 Å². The maximum atomic E-state index is 13.1. The van der Waals surface area contributed by atoms with E-state index in [-0.39, 0.29) is 18.5 Å². The molecule has 0 aromatic heterocycles. The molecule has 0 radical (unpaired) electrons. The van der Waals surface area contributed by atoms with Crippen molar-refractivity contribution in [2.24, 2.45) is 0 Å². The van der Waals surface area contributed by atoms with E-state index in [9.17, 15) is 9.18 Å². The Hall–Kier alpha value is -1.60. The molecule has 15 heavy (non-hydrogen) atoms. The second kappa shape index (κ2) is 5.32. The zero-order chi connectivity index (χ0) is 11.3. The normalized spacial score (nSPS) is 9.40. The number of carbonyl (C=O) groups is 1. The van der Waals surface area contributed by atoms with Crippen molar-refractivity contribution in [1.82, 2.24) is 5.32 Å². The second-order valence-corrected chi connectivity index (χ2v) is 3.22. The van der Waals surface area contributed by atoms with Gasteiger partial charge in [-0.25, -0.2) is 4.39 Å². The van der Waals surface area contributed by atoms with E-state index in [1.54, 1.807) is 0 Å². The Labute approximate surface area is 91.5 Å². The van der Waals surface area contributed by atoms with Crippen LogP contribution in [0.3, 0.4) is 0 Å². The van der Waals surface area contributed by atoms with Crippen LogP contribution < -0.4 is 5.32 Å². The van der Waals surface area contributed by atoms with Gasteiger partial charge in [0.05, 0.1) is 18.1 Å². The predicted octanol–water partition coefficient (Wildman–Crippen LogP) is 2.12. The van der Waals surface area contributed by atoms with E-state index < -0.39 is 11.7 Å². The molecule has 1 aromatic carbocycles. The summed E-state index contributed by atoms with van der Waals surface area (Å²) in [6, 6.07) is 5.61. The SMILES string of the molecule is N#CCCNC(=O)c1cc(Cl)ccc1F. The predicted molar refractivity (Wildman–Crippen MR) is 54.0 cm³/mol. The van der Waals surface area contributed by atoms with Crippen LogP contribution in [0.15, 0.2) is 18.2 Å². The second-order valence-electron chi connectivity index (χ2n) is 2.79. The van der Waals surface area contributed by atoms with Gasteiger partial charge in [0.15, 0.2) is 0 Å². The minimum atomic E-state index is -0.631. The largest absolute Gasteiger partial charge is 0.351 e. The van der Waals surface area contributed by atoms with E-state index in [1.165, 1.54) is 12.1 Å². The molecule has 0 saturated carbocycles. The van der Waals surface area contributed by atoms with Crippen LogP contribution in [0.5, 0.6) is 0 Å². The van der Waals surface area contributed by atoms with Crippen LogP contribution in [0.2, 0.25) is 5.02 Å². The Balaban J connectivity index is 2.73. The molecule has 1 aromatic rings. The van der Waals surface area contributed by atoms with Gasteiger partial charge in [0.25, 0.3) is 5.91 Å². The lowest BCUT2D eigenvalue weighted by Gasteiger charge is -2.04. The highest BCUT2D eigenvalue weighted by Gasteiger charge is 2.11. The van der Waals surface area contributed by atoms with Crippen LogP contribution in [0.4, 0.5) is 4.39 Å². The number of hydrogen-bond acceptors (Lipinski definition) is 2. The van der Waals surface area contributed by atoms with Crippen molar-refractivity contribution in [3.8, 4) is 6.07 Å². The smallest absolute Gasteiger partial charge is 0.254 e. The monoisotopic (exact) mass is 226 g/mol. The molecule has 0 aliphatic rings. The molecule has 0 aliphatic carbocycles. The van der Waals surface area contributed by atoms with Crippen LogP contribution in [0, 0.1) is 17.1 Å². The molecule has 0 heterocycles. The highest BCUT2D eigenvalue weighted by atomic mass is 35.5. The first-order valence-electron chi connectivity index (χ1n) is 4.25. The summed E-state index contributed by atoms with van der Waals surface area (Å²) in [6.45, 7) is 0.196. The van der Waals surface area contributed by atoms with Gasteiger partial charge in [-0.2, -0.15) is 5.26 Å². The van der Waals surface area contributed by atoms with E-state index in [0.717, 1.165) is 6.07 Å². The Morgan fingerprint density at radius 2 is 2.33 bits per heavy atom. The average Bonchev–Trinajstić information content (AvgIpc) is 2.22. The summed E-state index contributed by atoms with van der Waals surface area (Å²) in [7, 11) is 0. The van der Waals surface area contributed by atoms with Crippen LogP contribution in [0.25, 0.3) is 0 Å². The Bertz CT molecular complexity index is 414. The summed E-state index contributed by atoms with van der Waals surface area (Å²) in [6.07, 6.45) is 0.188. The third-order valence-corrected chi connectivity index (χ3v) is 1.93. The quantitative estimate of drug-likeness (QED) is 0.803. The number of rotatable bonds is 3. The number of halogens is 2. The number of nitriles is 1. The average molecular weight is 227 g/mol. The van der Waals surface area contributed by atoms with Crippen LogP contribution in [-0.4, -0.2) is 12.5 Å². The highest BCUT2D eigenvalue weighted by Crippen LogP contribution is 2.14. The molecule has 78 valence electrons. The number of nitrogens with one attached hydrogen (secondary N) is 1. The van der Waals surface area contributed by atoms with Crippen LogP contribution in [-0.2, 0) is 0 Å². The van der Waals surface area contributed by atoms with Crippen molar-refractivity contribution >= 4 is 17.5 Å². The summed E-state index contributed by atoms with van der Waals surface area (Å²) < 4.78 is 13.1. The first kappa shape index (κ1) is 11.5. The molecule has 0 spiro atoms. The molecular formula is C10H8ClFN2O. The molecule has 0 atom stereocenters. The molecular weight excluding hydrogens is 219 g/mol. The van der Waals surface area contributed by atoms with Gasteiger partial charge in [-0.05, 0) is 18.2 Å². The molecule has 0 aliphatic heterocycles. The summed E-state index contributed by atoms with van der Waals surface area (Å²) in [4.78, 5) is 11.4. The standard InChI is InChI=1S/C10H8ClFN2O/c11-7-2-3-9(12)8(6-7)10(15)14-5-1-4-13/h2-3,6H,1,5H2,(H,14,15). The van der Waals surface area contributed by atoms with Gasteiger partial charge in [0.2, 0.25) is 0 Å². The summed E-state index contributed by atoms with van der Waals surface area (Å²) in [5, 5.41) is 11.0. The zero-order valence-electron chi connectivity index (χ0n) is 7.76. The molecule has 1 rings (SSSR count). The lowest BCUT2D eigenvalue weighted by Crippen LogP contribution is -2.25. The number of amides is 1. The fraction of sp³-hybridized carbons (Fsp3) is 0.200. The maximum Gasteiger partial charge on any atom is 0.254 e. The summed E-state index contributed by atoms with van der Waals surface area (Å²) in [5.74, 6) is -1.20. The van der Waals surface area contributed by atoms with Crippen molar-refractivity contribution in [2.75, 3.05) is 6.54 Å². The third kappa shape index (κ3) is 3.22. The Kier molecular flexibility index (Phi) is 4.07. The van der Waals surface area contributed by atoms with Gasteiger partial charge in [0, 0.05) is 11.6 Å². The molecule has 0 fully saturated rings. The van der Waals surface area contributed by atoms with Gasteiger partial charge in [-0.15, -0.1) is 0 Å². The van der Waals surface area contributed by atoms with E-state index in [1.807, 2.05) is 6.07 Å².